The van der Waals surface area contributed by atoms with Gasteiger partial charge >= 0.3 is 6.09 Å². The fourth-order valence-corrected chi connectivity index (χ4v) is 3.06. The van der Waals surface area contributed by atoms with E-state index >= 15 is 0 Å². The van der Waals surface area contributed by atoms with E-state index in [1.807, 2.05) is 30.3 Å². The molecule has 5 nitrogen and oxygen atoms in total. The minimum Gasteiger partial charge on any atom is -0.434 e. The number of alkyl carbamates (subject to hydrolysis) is 1. The van der Waals surface area contributed by atoms with Gasteiger partial charge in [0.15, 0.2) is 6.10 Å². The number of carbonyl (C=O) groups excluding carboxylic acids is 2. The summed E-state index contributed by atoms with van der Waals surface area (Å²) in [6, 6.07) is 14.0. The van der Waals surface area contributed by atoms with Gasteiger partial charge in [-0.2, -0.15) is 0 Å². The fraction of sp³-hybridized carbons (Fsp3) is 0.176. The summed E-state index contributed by atoms with van der Waals surface area (Å²) in [6.45, 7) is 0.141. The van der Waals surface area contributed by atoms with Crippen molar-refractivity contribution in [1.29, 1.82) is 0 Å². The number of amides is 2. The molecule has 0 bridgehead atoms. The van der Waals surface area contributed by atoms with Gasteiger partial charge in [0.1, 0.15) is 0 Å². The van der Waals surface area contributed by atoms with Crippen LogP contribution in [0.4, 0.5) is 4.79 Å². The Hall–Kier alpha value is -2.24. The first-order valence-corrected chi connectivity index (χ1v) is 8.04. The molecule has 24 heavy (non-hydrogen) atoms. The molecular formula is C17H14Cl2N2O3. The molecule has 0 saturated carbocycles. The van der Waals surface area contributed by atoms with Gasteiger partial charge < -0.3 is 15.4 Å². The third kappa shape index (κ3) is 3.80. The summed E-state index contributed by atoms with van der Waals surface area (Å²) in [5.74, 6) is -0.390. The van der Waals surface area contributed by atoms with E-state index in [4.69, 9.17) is 27.9 Å². The van der Waals surface area contributed by atoms with Gasteiger partial charge in [0.25, 0.3) is 5.91 Å². The van der Waals surface area contributed by atoms with Crippen LogP contribution in [0.5, 0.6) is 0 Å². The van der Waals surface area contributed by atoms with Crippen LogP contribution in [0.1, 0.15) is 17.2 Å². The second-order valence-electron chi connectivity index (χ2n) is 5.33. The standard InChI is InChI=1S/C17H14Cl2N2O3/c18-12-6-11(7-13(19)8-12)15(10-4-2-1-3-5-10)21-16(22)14-9-20-17(23)24-14/h1-8,14-15H,9H2,(H,20,23)(H,21,22). The minimum absolute atomic E-state index is 0.141. The Labute approximate surface area is 148 Å². The molecule has 0 aliphatic carbocycles. The van der Waals surface area contributed by atoms with E-state index in [0.29, 0.717) is 10.0 Å². The molecule has 3 rings (SSSR count). The molecule has 0 aromatic heterocycles. The van der Waals surface area contributed by atoms with Gasteiger partial charge in [0.2, 0.25) is 0 Å². The largest absolute Gasteiger partial charge is 0.434 e. The Morgan fingerprint density at radius 3 is 2.38 bits per heavy atom. The molecule has 2 unspecified atom stereocenters. The number of ether oxygens (including phenoxy) is 1. The predicted octanol–water partition coefficient (Wildman–Crippen LogP) is 3.31. The highest BCUT2D eigenvalue weighted by Crippen LogP contribution is 2.28. The normalized spacial score (nSPS) is 17.8. The zero-order valence-corrected chi connectivity index (χ0v) is 14.0. The molecule has 124 valence electrons. The molecule has 2 aromatic rings. The number of benzene rings is 2. The van der Waals surface area contributed by atoms with Crippen LogP contribution < -0.4 is 10.6 Å². The maximum Gasteiger partial charge on any atom is 0.408 e. The Morgan fingerprint density at radius 2 is 1.79 bits per heavy atom. The third-order valence-electron chi connectivity index (χ3n) is 3.61. The second-order valence-corrected chi connectivity index (χ2v) is 6.20. The number of carbonyl (C=O) groups is 2. The summed E-state index contributed by atoms with van der Waals surface area (Å²) in [6.07, 6.45) is -1.46. The summed E-state index contributed by atoms with van der Waals surface area (Å²) < 4.78 is 4.93. The number of hydrogen-bond acceptors (Lipinski definition) is 3. The maximum atomic E-state index is 12.4. The van der Waals surface area contributed by atoms with Crippen molar-refractivity contribution in [3.05, 3.63) is 69.7 Å². The van der Waals surface area contributed by atoms with Crippen LogP contribution >= 0.6 is 23.2 Å². The highest BCUT2D eigenvalue weighted by molar-refractivity contribution is 6.34. The number of rotatable bonds is 4. The van der Waals surface area contributed by atoms with Gasteiger partial charge in [-0.15, -0.1) is 0 Å². The van der Waals surface area contributed by atoms with Crippen molar-refractivity contribution in [3.8, 4) is 0 Å². The molecular weight excluding hydrogens is 351 g/mol. The number of nitrogens with one attached hydrogen (secondary N) is 2. The van der Waals surface area contributed by atoms with Crippen LogP contribution in [0, 0.1) is 0 Å². The zero-order valence-electron chi connectivity index (χ0n) is 12.5. The van der Waals surface area contributed by atoms with Crippen molar-refractivity contribution in [2.45, 2.75) is 12.1 Å². The smallest absolute Gasteiger partial charge is 0.408 e. The summed E-state index contributed by atoms with van der Waals surface area (Å²) in [5.41, 5.74) is 1.60. The van der Waals surface area contributed by atoms with E-state index in [1.54, 1.807) is 18.2 Å². The average Bonchev–Trinajstić information content (AvgIpc) is 2.99. The van der Waals surface area contributed by atoms with E-state index in [0.717, 1.165) is 11.1 Å². The quantitative estimate of drug-likeness (QED) is 0.874. The van der Waals surface area contributed by atoms with Gasteiger partial charge in [0, 0.05) is 10.0 Å². The molecule has 0 spiro atoms. The van der Waals surface area contributed by atoms with Crippen molar-refractivity contribution in [1.82, 2.24) is 10.6 Å². The van der Waals surface area contributed by atoms with Crippen molar-refractivity contribution >= 4 is 35.2 Å². The van der Waals surface area contributed by atoms with E-state index in [9.17, 15) is 9.59 Å². The van der Waals surface area contributed by atoms with Crippen LogP contribution in [-0.2, 0) is 9.53 Å². The fourth-order valence-electron chi connectivity index (χ4n) is 2.52. The highest BCUT2D eigenvalue weighted by Gasteiger charge is 2.31. The molecule has 1 fully saturated rings. The molecule has 0 radical (unpaired) electrons. The number of halogens is 2. The monoisotopic (exact) mass is 364 g/mol. The van der Waals surface area contributed by atoms with Crippen molar-refractivity contribution in [3.63, 3.8) is 0 Å². The average molecular weight is 365 g/mol. The van der Waals surface area contributed by atoms with Gasteiger partial charge in [-0.3, -0.25) is 4.79 Å². The summed E-state index contributed by atoms with van der Waals surface area (Å²) in [5, 5.41) is 6.30. The van der Waals surface area contributed by atoms with Crippen molar-refractivity contribution in [2.24, 2.45) is 0 Å². The molecule has 1 aliphatic rings. The van der Waals surface area contributed by atoms with E-state index < -0.39 is 24.1 Å². The number of cyclic esters (lactones) is 1. The lowest BCUT2D eigenvalue weighted by Crippen LogP contribution is -2.39. The molecule has 2 aromatic carbocycles. The van der Waals surface area contributed by atoms with Crippen LogP contribution in [0.3, 0.4) is 0 Å². The number of hydrogen-bond donors (Lipinski definition) is 2. The lowest BCUT2D eigenvalue weighted by Gasteiger charge is -2.21. The van der Waals surface area contributed by atoms with Crippen molar-refractivity contribution in [2.75, 3.05) is 6.54 Å². The van der Waals surface area contributed by atoms with E-state index in [-0.39, 0.29) is 6.54 Å². The van der Waals surface area contributed by atoms with Gasteiger partial charge in [-0.1, -0.05) is 53.5 Å². The Morgan fingerprint density at radius 1 is 1.12 bits per heavy atom. The third-order valence-corrected chi connectivity index (χ3v) is 4.05. The molecule has 2 atom stereocenters. The summed E-state index contributed by atoms with van der Waals surface area (Å²) in [7, 11) is 0. The Bertz CT molecular complexity index is 747. The van der Waals surface area contributed by atoms with Crippen LogP contribution in [-0.4, -0.2) is 24.6 Å². The molecule has 1 aliphatic heterocycles. The van der Waals surface area contributed by atoms with Crippen molar-refractivity contribution < 1.29 is 14.3 Å². The van der Waals surface area contributed by atoms with Gasteiger partial charge in [-0.25, -0.2) is 4.79 Å². The van der Waals surface area contributed by atoms with Crippen LogP contribution in [0.15, 0.2) is 48.5 Å². The molecule has 2 amide bonds. The highest BCUT2D eigenvalue weighted by atomic mass is 35.5. The first-order valence-electron chi connectivity index (χ1n) is 7.29. The van der Waals surface area contributed by atoms with E-state index in [2.05, 4.69) is 10.6 Å². The maximum absolute atomic E-state index is 12.4. The van der Waals surface area contributed by atoms with Crippen LogP contribution in [0.25, 0.3) is 0 Å². The SMILES string of the molecule is O=C1NCC(C(=O)NC(c2ccccc2)c2cc(Cl)cc(Cl)c2)O1. The van der Waals surface area contributed by atoms with Gasteiger partial charge in [-0.05, 0) is 29.3 Å². The molecule has 2 N–H and O–H groups in total. The lowest BCUT2D eigenvalue weighted by molar-refractivity contribution is -0.128. The Kier molecular flexibility index (Phi) is 4.92. The summed E-state index contributed by atoms with van der Waals surface area (Å²) in [4.78, 5) is 23.5. The lowest BCUT2D eigenvalue weighted by atomic mass is 9.98. The first kappa shape index (κ1) is 16.6. The van der Waals surface area contributed by atoms with Crippen LogP contribution in [0.2, 0.25) is 10.0 Å². The molecule has 7 heteroatoms. The van der Waals surface area contributed by atoms with Gasteiger partial charge in [0.05, 0.1) is 12.6 Å². The molecule has 1 heterocycles. The van der Waals surface area contributed by atoms with E-state index in [1.165, 1.54) is 0 Å². The minimum atomic E-state index is -0.863. The Balaban J connectivity index is 1.90. The molecule has 1 saturated heterocycles. The topological polar surface area (TPSA) is 67.4 Å². The zero-order chi connectivity index (χ0) is 17.1. The summed E-state index contributed by atoms with van der Waals surface area (Å²) >= 11 is 12.2. The first-order chi connectivity index (χ1) is 11.5. The second kappa shape index (κ2) is 7.11. The predicted molar refractivity (Wildman–Crippen MR) is 91.2 cm³/mol.